The lowest BCUT2D eigenvalue weighted by Gasteiger charge is -2.08. The van der Waals surface area contributed by atoms with E-state index in [1.54, 1.807) is 18.2 Å². The van der Waals surface area contributed by atoms with Gasteiger partial charge in [-0.15, -0.1) is 0 Å². The van der Waals surface area contributed by atoms with Gasteiger partial charge in [-0.3, -0.25) is 4.79 Å². The number of fused-ring (bicyclic) bond motifs is 1. The molecule has 6 heteroatoms. The molecule has 0 saturated carbocycles. The van der Waals surface area contributed by atoms with Crippen molar-refractivity contribution in [3.8, 4) is 5.75 Å². The van der Waals surface area contributed by atoms with Crippen LogP contribution in [0, 0.1) is 0 Å². The highest BCUT2D eigenvalue weighted by Gasteiger charge is 2.03. The molecule has 0 bridgehead atoms. The highest BCUT2D eigenvalue weighted by molar-refractivity contribution is 9.10. The summed E-state index contributed by atoms with van der Waals surface area (Å²) in [6, 6.07) is 18.9. The van der Waals surface area contributed by atoms with Crippen LogP contribution >= 0.6 is 15.9 Å². The maximum absolute atomic E-state index is 11.9. The summed E-state index contributed by atoms with van der Waals surface area (Å²) in [7, 11) is 0. The lowest BCUT2D eigenvalue weighted by atomic mass is 10.1. The van der Waals surface area contributed by atoms with Crippen molar-refractivity contribution >= 4 is 44.5 Å². The Bertz CT molecular complexity index is 936. The molecular formula is C19H16BrN3O2. The minimum Gasteiger partial charge on any atom is -0.507 e. The molecule has 0 saturated heterocycles. The number of hydrazone groups is 1. The van der Waals surface area contributed by atoms with Crippen molar-refractivity contribution in [2.75, 3.05) is 11.9 Å². The first-order valence-corrected chi connectivity index (χ1v) is 8.45. The number of halogens is 1. The van der Waals surface area contributed by atoms with Crippen LogP contribution in [0.1, 0.15) is 5.56 Å². The average molecular weight is 398 g/mol. The van der Waals surface area contributed by atoms with Crippen molar-refractivity contribution in [3.63, 3.8) is 0 Å². The van der Waals surface area contributed by atoms with Gasteiger partial charge in [0.15, 0.2) is 0 Å². The number of rotatable bonds is 5. The standard InChI is InChI=1S/C19H16BrN3O2/c20-16-10-13(8-9-18(16)24)11-22-23-19(25)12-21-17-7-3-5-14-4-1-2-6-15(14)17/h1-11,21,24H,12H2,(H,23,25). The first-order chi connectivity index (χ1) is 12.1. The Morgan fingerprint density at radius 2 is 1.92 bits per heavy atom. The second kappa shape index (κ2) is 7.81. The zero-order chi connectivity index (χ0) is 17.6. The van der Waals surface area contributed by atoms with Crippen LogP contribution in [0.25, 0.3) is 10.8 Å². The van der Waals surface area contributed by atoms with Gasteiger partial charge >= 0.3 is 0 Å². The fourth-order valence-electron chi connectivity index (χ4n) is 2.38. The van der Waals surface area contributed by atoms with E-state index in [1.807, 2.05) is 42.5 Å². The highest BCUT2D eigenvalue weighted by Crippen LogP contribution is 2.24. The van der Waals surface area contributed by atoms with Crippen LogP contribution in [0.4, 0.5) is 5.69 Å². The Kier molecular flexibility index (Phi) is 5.30. The number of hydrogen-bond acceptors (Lipinski definition) is 4. The largest absolute Gasteiger partial charge is 0.507 e. The van der Waals surface area contributed by atoms with Crippen molar-refractivity contribution in [2.24, 2.45) is 5.10 Å². The van der Waals surface area contributed by atoms with Crippen LogP contribution in [0.5, 0.6) is 5.75 Å². The van der Waals surface area contributed by atoms with Gasteiger partial charge in [0.1, 0.15) is 5.75 Å². The van der Waals surface area contributed by atoms with Crippen LogP contribution in [0.15, 0.2) is 70.2 Å². The Labute approximate surface area is 153 Å². The summed E-state index contributed by atoms with van der Waals surface area (Å²) >= 11 is 3.23. The van der Waals surface area contributed by atoms with E-state index in [0.29, 0.717) is 4.47 Å². The molecule has 3 N–H and O–H groups in total. The molecule has 3 aromatic rings. The van der Waals surface area contributed by atoms with Gasteiger partial charge in [0, 0.05) is 11.1 Å². The number of nitrogens with zero attached hydrogens (tertiary/aromatic N) is 1. The maximum Gasteiger partial charge on any atom is 0.259 e. The molecule has 25 heavy (non-hydrogen) atoms. The van der Waals surface area contributed by atoms with Crippen molar-refractivity contribution in [1.29, 1.82) is 0 Å². The van der Waals surface area contributed by atoms with E-state index in [0.717, 1.165) is 22.0 Å². The third kappa shape index (κ3) is 4.36. The summed E-state index contributed by atoms with van der Waals surface area (Å²) < 4.78 is 0.570. The molecule has 3 rings (SSSR count). The molecule has 0 aliphatic rings. The zero-order valence-corrected chi connectivity index (χ0v) is 14.8. The average Bonchev–Trinajstić information content (AvgIpc) is 2.63. The lowest BCUT2D eigenvalue weighted by Crippen LogP contribution is -2.25. The second-order valence-electron chi connectivity index (χ2n) is 5.38. The van der Waals surface area contributed by atoms with E-state index in [-0.39, 0.29) is 18.2 Å². The van der Waals surface area contributed by atoms with Gasteiger partial charge in [-0.2, -0.15) is 5.10 Å². The van der Waals surface area contributed by atoms with Gasteiger partial charge in [0.05, 0.1) is 17.2 Å². The van der Waals surface area contributed by atoms with E-state index in [2.05, 4.69) is 31.8 Å². The number of aromatic hydroxyl groups is 1. The van der Waals surface area contributed by atoms with E-state index in [1.165, 1.54) is 6.21 Å². The van der Waals surface area contributed by atoms with Crippen molar-refractivity contribution in [1.82, 2.24) is 5.43 Å². The SMILES string of the molecule is O=C(CNc1cccc2ccccc12)NN=Cc1ccc(O)c(Br)c1. The van der Waals surface area contributed by atoms with Gasteiger partial charge in [-0.05, 0) is 51.1 Å². The fraction of sp³-hybridized carbons (Fsp3) is 0.0526. The van der Waals surface area contributed by atoms with E-state index < -0.39 is 0 Å². The number of carbonyl (C=O) groups is 1. The smallest absolute Gasteiger partial charge is 0.259 e. The van der Waals surface area contributed by atoms with E-state index >= 15 is 0 Å². The molecule has 5 nitrogen and oxygen atoms in total. The summed E-state index contributed by atoms with van der Waals surface area (Å²) in [5.74, 6) is -0.0949. The first kappa shape index (κ1) is 17.0. The molecule has 0 aliphatic heterocycles. The number of amides is 1. The predicted octanol–water partition coefficient (Wildman–Crippen LogP) is 3.87. The van der Waals surface area contributed by atoms with E-state index in [9.17, 15) is 9.90 Å². The molecule has 0 radical (unpaired) electrons. The molecule has 3 aromatic carbocycles. The quantitative estimate of drug-likeness (QED) is 0.451. The van der Waals surface area contributed by atoms with Crippen LogP contribution < -0.4 is 10.7 Å². The lowest BCUT2D eigenvalue weighted by molar-refractivity contribution is -0.119. The molecule has 0 atom stereocenters. The van der Waals surface area contributed by atoms with Crippen LogP contribution in [0.3, 0.4) is 0 Å². The Balaban J connectivity index is 1.57. The normalized spacial score (nSPS) is 10.9. The molecule has 0 aromatic heterocycles. The fourth-order valence-corrected chi connectivity index (χ4v) is 2.77. The van der Waals surface area contributed by atoms with E-state index in [4.69, 9.17) is 0 Å². The molecular weight excluding hydrogens is 382 g/mol. The molecule has 1 amide bonds. The number of benzene rings is 3. The third-order valence-corrected chi connectivity index (χ3v) is 4.24. The minimum absolute atomic E-state index is 0.116. The summed E-state index contributed by atoms with van der Waals surface area (Å²) in [5, 5.41) is 18.7. The van der Waals surface area contributed by atoms with Gasteiger partial charge in [-0.25, -0.2) is 5.43 Å². The molecule has 0 aliphatic carbocycles. The van der Waals surface area contributed by atoms with Gasteiger partial charge < -0.3 is 10.4 Å². The molecule has 0 heterocycles. The Hall–Kier alpha value is -2.86. The number of carbonyl (C=O) groups excluding carboxylic acids is 1. The van der Waals surface area contributed by atoms with Gasteiger partial charge in [0.2, 0.25) is 0 Å². The number of hydrogen-bond donors (Lipinski definition) is 3. The Morgan fingerprint density at radius 3 is 2.76 bits per heavy atom. The number of nitrogens with one attached hydrogen (secondary N) is 2. The van der Waals surface area contributed by atoms with Crippen LogP contribution in [-0.2, 0) is 4.79 Å². The minimum atomic E-state index is -0.248. The molecule has 126 valence electrons. The highest BCUT2D eigenvalue weighted by atomic mass is 79.9. The van der Waals surface area contributed by atoms with Crippen LogP contribution in [-0.4, -0.2) is 23.8 Å². The number of anilines is 1. The molecule has 0 fully saturated rings. The maximum atomic E-state index is 11.9. The third-order valence-electron chi connectivity index (χ3n) is 3.60. The second-order valence-corrected chi connectivity index (χ2v) is 6.24. The summed E-state index contributed by atoms with van der Waals surface area (Å²) in [5.41, 5.74) is 4.13. The van der Waals surface area contributed by atoms with Gasteiger partial charge in [0.25, 0.3) is 5.91 Å². The van der Waals surface area contributed by atoms with Gasteiger partial charge in [-0.1, -0.05) is 36.4 Å². The summed E-state index contributed by atoms with van der Waals surface area (Å²) in [6.07, 6.45) is 1.51. The monoisotopic (exact) mass is 397 g/mol. The Morgan fingerprint density at radius 1 is 1.12 bits per heavy atom. The summed E-state index contributed by atoms with van der Waals surface area (Å²) in [6.45, 7) is 0.116. The topological polar surface area (TPSA) is 73.7 Å². The predicted molar refractivity (Wildman–Crippen MR) is 104 cm³/mol. The van der Waals surface area contributed by atoms with Crippen LogP contribution in [0.2, 0.25) is 0 Å². The number of phenols is 1. The molecule has 0 unspecified atom stereocenters. The molecule has 0 spiro atoms. The number of phenolic OH excluding ortho intramolecular Hbond substituents is 1. The van der Waals surface area contributed by atoms with Crippen molar-refractivity contribution < 1.29 is 9.90 Å². The van der Waals surface area contributed by atoms with Crippen molar-refractivity contribution in [2.45, 2.75) is 0 Å². The van der Waals surface area contributed by atoms with Crippen molar-refractivity contribution in [3.05, 3.63) is 70.7 Å². The first-order valence-electron chi connectivity index (χ1n) is 7.65. The zero-order valence-electron chi connectivity index (χ0n) is 13.2. The summed E-state index contributed by atoms with van der Waals surface area (Å²) in [4.78, 5) is 11.9.